The minimum Gasteiger partial charge on any atom is -0.491 e. The number of ketones is 1. The number of likely N-dealkylation sites (N-methyl/N-ethyl adjacent to an activating group) is 1. The molecule has 33 heavy (non-hydrogen) atoms. The molecule has 0 fully saturated rings. The van der Waals surface area contributed by atoms with Crippen LogP contribution in [0.5, 0.6) is 11.6 Å². The van der Waals surface area contributed by atoms with E-state index in [0.717, 1.165) is 41.9 Å². The number of ether oxygens (including phenoxy) is 2. The molecular weight excluding hydrogens is 422 g/mol. The van der Waals surface area contributed by atoms with E-state index in [1.54, 1.807) is 37.7 Å². The van der Waals surface area contributed by atoms with Gasteiger partial charge in [-0.3, -0.25) is 9.78 Å². The molecule has 172 valence electrons. The fraction of sp³-hybridized carbons (Fsp3) is 0.375. The van der Waals surface area contributed by atoms with Gasteiger partial charge < -0.3 is 19.5 Å². The van der Waals surface area contributed by atoms with Gasteiger partial charge in [-0.25, -0.2) is 15.0 Å². The number of nitrogens with zero attached hydrogens (tertiary/aromatic N) is 5. The maximum absolute atomic E-state index is 12.8. The highest BCUT2D eigenvalue weighted by molar-refractivity contribution is 5.85. The van der Waals surface area contributed by atoms with Gasteiger partial charge in [0.2, 0.25) is 5.88 Å². The molecule has 3 aromatic rings. The number of aromatic nitrogens is 4. The Kier molecular flexibility index (Phi) is 7.09. The third-order valence-electron chi connectivity index (χ3n) is 5.41. The Labute approximate surface area is 192 Å². The number of methoxy groups -OCH3 is 1. The van der Waals surface area contributed by atoms with Crippen LogP contribution in [0.4, 0.5) is 5.82 Å². The van der Waals surface area contributed by atoms with E-state index in [1.807, 2.05) is 18.0 Å². The first-order valence-corrected chi connectivity index (χ1v) is 10.9. The first-order chi connectivity index (χ1) is 16.1. The molecule has 1 aliphatic rings. The van der Waals surface area contributed by atoms with Crippen LogP contribution in [0, 0.1) is 0 Å². The van der Waals surface area contributed by atoms with E-state index in [9.17, 15) is 4.79 Å². The van der Waals surface area contributed by atoms with Gasteiger partial charge in [0.25, 0.3) is 0 Å². The van der Waals surface area contributed by atoms with Crippen LogP contribution in [-0.4, -0.2) is 64.7 Å². The molecule has 0 saturated carbocycles. The van der Waals surface area contributed by atoms with Crippen molar-refractivity contribution in [2.75, 3.05) is 38.8 Å². The van der Waals surface area contributed by atoms with Crippen LogP contribution in [0.1, 0.15) is 23.2 Å². The summed E-state index contributed by atoms with van der Waals surface area (Å²) < 4.78 is 10.6. The topological polar surface area (TPSA) is 111 Å². The predicted octanol–water partition coefficient (Wildman–Crippen LogP) is 2.05. The summed E-state index contributed by atoms with van der Waals surface area (Å²) in [5.41, 5.74) is 3.52. The van der Waals surface area contributed by atoms with Crippen molar-refractivity contribution < 1.29 is 19.4 Å². The number of carbonyl (C=O) groups excluding carboxylic acids is 1. The lowest BCUT2D eigenvalue weighted by Crippen LogP contribution is -2.28. The normalized spacial score (nSPS) is 12.3. The Hall–Kier alpha value is -3.59. The molecular formula is C24H27N5O4. The maximum Gasteiger partial charge on any atom is 0.212 e. The summed E-state index contributed by atoms with van der Waals surface area (Å²) in [4.78, 5) is 32.7. The Balaban J connectivity index is 1.54. The summed E-state index contributed by atoms with van der Waals surface area (Å²) >= 11 is 0. The van der Waals surface area contributed by atoms with Crippen LogP contribution in [0.2, 0.25) is 0 Å². The lowest BCUT2D eigenvalue weighted by molar-refractivity contribution is -0.117. The number of rotatable bonds is 10. The van der Waals surface area contributed by atoms with Gasteiger partial charge in [-0.15, -0.1) is 0 Å². The van der Waals surface area contributed by atoms with Crippen LogP contribution in [-0.2, 0) is 24.1 Å². The largest absolute Gasteiger partial charge is 0.491 e. The van der Waals surface area contributed by atoms with Gasteiger partial charge in [0, 0.05) is 49.3 Å². The molecule has 0 unspecified atom stereocenters. The number of anilines is 1. The monoisotopic (exact) mass is 449 g/mol. The number of hydrogen-bond acceptors (Lipinski definition) is 9. The first-order valence-electron chi connectivity index (χ1n) is 10.9. The van der Waals surface area contributed by atoms with Gasteiger partial charge in [-0.05, 0) is 30.9 Å². The highest BCUT2D eigenvalue weighted by Gasteiger charge is 2.23. The zero-order chi connectivity index (χ0) is 23.2. The molecule has 3 aromatic heterocycles. The Morgan fingerprint density at radius 1 is 1.18 bits per heavy atom. The summed E-state index contributed by atoms with van der Waals surface area (Å²) in [6, 6.07) is 7.09. The van der Waals surface area contributed by atoms with Crippen molar-refractivity contribution in [3.05, 3.63) is 53.5 Å². The third-order valence-corrected chi connectivity index (χ3v) is 5.41. The number of aryl methyl sites for hydroxylation is 1. The zero-order valence-corrected chi connectivity index (χ0v) is 18.8. The highest BCUT2D eigenvalue weighted by atomic mass is 16.5. The molecule has 1 aliphatic carbocycles. The van der Waals surface area contributed by atoms with Gasteiger partial charge in [-0.2, -0.15) is 0 Å². The van der Waals surface area contributed by atoms with E-state index in [0.29, 0.717) is 23.1 Å². The molecule has 0 atom stereocenters. The predicted molar refractivity (Wildman–Crippen MR) is 123 cm³/mol. The van der Waals surface area contributed by atoms with Crippen LogP contribution >= 0.6 is 0 Å². The number of fused-ring (bicyclic) bond motifs is 1. The Morgan fingerprint density at radius 2 is 2.06 bits per heavy atom. The zero-order valence-electron chi connectivity index (χ0n) is 18.8. The maximum atomic E-state index is 12.8. The number of aliphatic hydroxyl groups is 1. The van der Waals surface area contributed by atoms with Crippen LogP contribution in [0.25, 0.3) is 11.5 Å². The van der Waals surface area contributed by atoms with Crippen molar-refractivity contribution in [1.82, 2.24) is 19.9 Å². The first kappa shape index (κ1) is 22.6. The standard InChI is InChI=1S/C24H27N5O4/c1-29(15-17(31)12-16-6-7-22(32-2)26-14-16)24-19-4-3-5-20(19)27-23(28-24)21-13-18(8-9-25-21)33-11-10-30/h6-9,13-14,30H,3-5,10-12,15H2,1-2H3. The molecule has 3 heterocycles. The van der Waals surface area contributed by atoms with Crippen molar-refractivity contribution in [2.24, 2.45) is 0 Å². The summed E-state index contributed by atoms with van der Waals surface area (Å²) in [7, 11) is 3.44. The summed E-state index contributed by atoms with van der Waals surface area (Å²) in [6.07, 6.45) is 6.35. The van der Waals surface area contributed by atoms with E-state index in [4.69, 9.17) is 24.5 Å². The molecule has 0 saturated heterocycles. The smallest absolute Gasteiger partial charge is 0.212 e. The number of hydrogen-bond donors (Lipinski definition) is 1. The third kappa shape index (κ3) is 5.43. The van der Waals surface area contributed by atoms with E-state index >= 15 is 0 Å². The highest BCUT2D eigenvalue weighted by Crippen LogP contribution is 2.31. The minimum atomic E-state index is -0.0669. The van der Waals surface area contributed by atoms with Gasteiger partial charge in [0.15, 0.2) is 11.6 Å². The second-order valence-corrected chi connectivity index (χ2v) is 7.88. The molecule has 0 amide bonds. The second kappa shape index (κ2) is 10.4. The number of carbonyl (C=O) groups is 1. The lowest BCUT2D eigenvalue weighted by Gasteiger charge is -2.21. The van der Waals surface area contributed by atoms with E-state index in [2.05, 4.69) is 9.97 Å². The number of aliphatic hydroxyl groups excluding tert-OH is 1. The molecule has 0 spiro atoms. The molecule has 0 aromatic carbocycles. The lowest BCUT2D eigenvalue weighted by atomic mass is 10.1. The van der Waals surface area contributed by atoms with E-state index in [-0.39, 0.29) is 32.0 Å². The molecule has 0 radical (unpaired) electrons. The second-order valence-electron chi connectivity index (χ2n) is 7.88. The van der Waals surface area contributed by atoms with Gasteiger partial charge >= 0.3 is 0 Å². The molecule has 0 aliphatic heterocycles. The Morgan fingerprint density at radius 3 is 2.82 bits per heavy atom. The Bertz CT molecular complexity index is 1120. The fourth-order valence-electron chi connectivity index (χ4n) is 3.89. The minimum absolute atomic E-state index is 0.0638. The summed E-state index contributed by atoms with van der Waals surface area (Å²) in [6.45, 7) is 0.360. The molecule has 0 bridgehead atoms. The van der Waals surface area contributed by atoms with Gasteiger partial charge in [0.05, 0.1) is 20.3 Å². The van der Waals surface area contributed by atoms with Gasteiger partial charge in [-0.1, -0.05) is 6.07 Å². The summed E-state index contributed by atoms with van der Waals surface area (Å²) in [5.74, 6) is 2.44. The average Bonchev–Trinajstić information content (AvgIpc) is 3.31. The molecule has 4 rings (SSSR count). The van der Waals surface area contributed by atoms with Crippen molar-refractivity contribution in [3.8, 4) is 23.1 Å². The average molecular weight is 450 g/mol. The molecule has 9 nitrogen and oxygen atoms in total. The van der Waals surface area contributed by atoms with Crippen molar-refractivity contribution in [2.45, 2.75) is 25.7 Å². The van der Waals surface area contributed by atoms with Crippen molar-refractivity contribution >= 4 is 11.6 Å². The van der Waals surface area contributed by atoms with Crippen LogP contribution in [0.15, 0.2) is 36.7 Å². The van der Waals surface area contributed by atoms with Crippen LogP contribution < -0.4 is 14.4 Å². The molecule has 1 N–H and O–H groups in total. The molecule has 9 heteroatoms. The number of Topliss-reactive ketones (excluding diaryl/α,β-unsaturated/α-hetero) is 1. The van der Waals surface area contributed by atoms with Gasteiger partial charge in [0.1, 0.15) is 23.9 Å². The fourth-order valence-corrected chi connectivity index (χ4v) is 3.89. The SMILES string of the molecule is COc1ccc(CC(=O)CN(C)c2nc(-c3cc(OCCO)ccn3)nc3c2CCC3)cn1. The number of pyridine rings is 2. The quantitative estimate of drug-likeness (QED) is 0.497. The van der Waals surface area contributed by atoms with E-state index in [1.165, 1.54) is 0 Å². The van der Waals surface area contributed by atoms with Crippen molar-refractivity contribution in [3.63, 3.8) is 0 Å². The van der Waals surface area contributed by atoms with E-state index < -0.39 is 0 Å². The summed E-state index contributed by atoms with van der Waals surface area (Å²) in [5, 5.41) is 9.00. The van der Waals surface area contributed by atoms with Crippen molar-refractivity contribution in [1.29, 1.82) is 0 Å². The van der Waals surface area contributed by atoms with Crippen LogP contribution in [0.3, 0.4) is 0 Å².